The van der Waals surface area contributed by atoms with Crippen molar-refractivity contribution in [2.45, 2.75) is 13.1 Å². The molecule has 0 radical (unpaired) electrons. The van der Waals surface area contributed by atoms with Crippen molar-refractivity contribution >= 4 is 17.5 Å². The van der Waals surface area contributed by atoms with Gasteiger partial charge in [-0.05, 0) is 59.7 Å². The third-order valence-electron chi connectivity index (χ3n) is 4.57. The number of nitrogens with one attached hydrogen (secondary N) is 1. The van der Waals surface area contributed by atoms with E-state index in [0.29, 0.717) is 18.8 Å². The minimum atomic E-state index is -0.306. The number of allylic oxidation sites excluding steroid dienone is 1. The van der Waals surface area contributed by atoms with Gasteiger partial charge in [-0.2, -0.15) is 0 Å². The number of ether oxygens (including phenoxy) is 1. The van der Waals surface area contributed by atoms with E-state index in [1.165, 1.54) is 24.8 Å². The number of hydrogen-bond acceptors (Lipinski definition) is 4. The lowest BCUT2D eigenvalue weighted by atomic mass is 10.0. The van der Waals surface area contributed by atoms with Crippen molar-refractivity contribution in [2.24, 2.45) is 4.99 Å². The van der Waals surface area contributed by atoms with Gasteiger partial charge < -0.3 is 10.1 Å². The molecule has 4 nitrogen and oxygen atoms in total. The molecule has 140 valence electrons. The van der Waals surface area contributed by atoms with E-state index in [1.54, 1.807) is 6.20 Å². The maximum Gasteiger partial charge on any atom is 0.127 e. The number of benzene rings is 2. The minimum absolute atomic E-state index is 0.306. The highest BCUT2D eigenvalue weighted by Crippen LogP contribution is 2.24. The molecule has 1 aliphatic rings. The maximum atomic E-state index is 13.7. The van der Waals surface area contributed by atoms with Crippen molar-refractivity contribution in [1.82, 2.24) is 4.98 Å². The Morgan fingerprint density at radius 3 is 2.86 bits per heavy atom. The lowest BCUT2D eigenvalue weighted by Gasteiger charge is -2.10. The summed E-state index contributed by atoms with van der Waals surface area (Å²) in [5, 5.41) is 3.35. The summed E-state index contributed by atoms with van der Waals surface area (Å²) in [6.45, 7) is 1.18. The fourth-order valence-corrected chi connectivity index (χ4v) is 3.14. The van der Waals surface area contributed by atoms with Crippen LogP contribution in [0.5, 0.6) is 5.75 Å². The van der Waals surface area contributed by atoms with E-state index in [2.05, 4.69) is 27.4 Å². The predicted molar refractivity (Wildman–Crippen MR) is 110 cm³/mol. The molecule has 0 atom stereocenters. The monoisotopic (exact) mass is 373 g/mol. The molecule has 0 spiro atoms. The van der Waals surface area contributed by atoms with Crippen molar-refractivity contribution in [3.63, 3.8) is 0 Å². The van der Waals surface area contributed by atoms with Gasteiger partial charge in [0.1, 0.15) is 11.6 Å². The first-order valence-corrected chi connectivity index (χ1v) is 9.05. The van der Waals surface area contributed by atoms with E-state index in [-0.39, 0.29) is 5.82 Å². The summed E-state index contributed by atoms with van der Waals surface area (Å²) >= 11 is 0. The molecule has 4 rings (SSSR count). The van der Waals surface area contributed by atoms with Gasteiger partial charge in [0.25, 0.3) is 0 Å². The quantitative estimate of drug-likeness (QED) is 0.671. The summed E-state index contributed by atoms with van der Waals surface area (Å²) in [6, 6.07) is 16.7. The Morgan fingerprint density at radius 2 is 2.04 bits per heavy atom. The molecule has 1 aliphatic heterocycles. The van der Waals surface area contributed by atoms with E-state index in [9.17, 15) is 4.39 Å². The smallest absolute Gasteiger partial charge is 0.127 e. The first-order chi connectivity index (χ1) is 13.7. The zero-order chi connectivity index (χ0) is 19.3. The van der Waals surface area contributed by atoms with E-state index in [0.717, 1.165) is 28.2 Å². The molecule has 0 bridgehead atoms. The summed E-state index contributed by atoms with van der Waals surface area (Å²) in [4.78, 5) is 8.92. The van der Waals surface area contributed by atoms with Crippen LogP contribution >= 0.6 is 0 Å². The summed E-state index contributed by atoms with van der Waals surface area (Å²) in [5.41, 5.74) is 5.92. The SMILES string of the molecule is COc1cc(F)cc(CNc2ccc3c(c2)C(/C=C/c2ccccn2)=NC3)c1. The van der Waals surface area contributed by atoms with Gasteiger partial charge in [-0.15, -0.1) is 0 Å². The van der Waals surface area contributed by atoms with Crippen LogP contribution < -0.4 is 10.1 Å². The van der Waals surface area contributed by atoms with Gasteiger partial charge in [0, 0.05) is 30.1 Å². The van der Waals surface area contributed by atoms with E-state index in [1.807, 2.05) is 42.5 Å². The summed E-state index contributed by atoms with van der Waals surface area (Å²) in [6.07, 6.45) is 5.73. The van der Waals surface area contributed by atoms with Gasteiger partial charge in [-0.1, -0.05) is 12.1 Å². The summed E-state index contributed by atoms with van der Waals surface area (Å²) in [5.74, 6) is 0.207. The van der Waals surface area contributed by atoms with Crippen molar-refractivity contribution < 1.29 is 9.13 Å². The molecule has 1 aromatic heterocycles. The van der Waals surface area contributed by atoms with E-state index < -0.39 is 0 Å². The van der Waals surface area contributed by atoms with Crippen LogP contribution in [0.4, 0.5) is 10.1 Å². The van der Waals surface area contributed by atoms with Crippen LogP contribution in [0.2, 0.25) is 0 Å². The van der Waals surface area contributed by atoms with Gasteiger partial charge in [0.05, 0.1) is 25.1 Å². The Hall–Kier alpha value is -3.47. The second kappa shape index (κ2) is 8.05. The third-order valence-corrected chi connectivity index (χ3v) is 4.57. The second-order valence-corrected chi connectivity index (χ2v) is 6.51. The number of aromatic nitrogens is 1. The first kappa shape index (κ1) is 17.9. The van der Waals surface area contributed by atoms with E-state index in [4.69, 9.17) is 4.74 Å². The molecule has 3 aromatic rings. The summed E-state index contributed by atoms with van der Waals surface area (Å²) < 4.78 is 18.8. The Labute approximate surface area is 163 Å². The highest BCUT2D eigenvalue weighted by Gasteiger charge is 2.14. The lowest BCUT2D eigenvalue weighted by molar-refractivity contribution is 0.410. The van der Waals surface area contributed by atoms with Gasteiger partial charge in [0.2, 0.25) is 0 Å². The van der Waals surface area contributed by atoms with Gasteiger partial charge in [-0.3, -0.25) is 9.98 Å². The third kappa shape index (κ3) is 4.09. The van der Waals surface area contributed by atoms with Crippen LogP contribution in [0.25, 0.3) is 6.08 Å². The average Bonchev–Trinajstić information content (AvgIpc) is 3.13. The Bertz CT molecular complexity index is 1040. The fraction of sp³-hybridized carbons (Fsp3) is 0.130. The molecule has 0 fully saturated rings. The Morgan fingerprint density at radius 1 is 1.11 bits per heavy atom. The number of halogens is 1. The molecule has 0 amide bonds. The van der Waals surface area contributed by atoms with Gasteiger partial charge >= 0.3 is 0 Å². The number of rotatable bonds is 6. The van der Waals surface area contributed by atoms with Crippen molar-refractivity contribution in [3.8, 4) is 5.75 Å². The highest BCUT2D eigenvalue weighted by atomic mass is 19.1. The number of pyridine rings is 1. The van der Waals surface area contributed by atoms with Crippen LogP contribution in [-0.4, -0.2) is 17.8 Å². The number of anilines is 1. The number of methoxy groups -OCH3 is 1. The van der Waals surface area contributed by atoms with Crippen molar-refractivity contribution in [3.05, 3.63) is 95.1 Å². The molecule has 1 N–H and O–H groups in total. The number of nitrogens with zero attached hydrogens (tertiary/aromatic N) is 2. The Kier molecular flexibility index (Phi) is 5.15. The second-order valence-electron chi connectivity index (χ2n) is 6.51. The maximum absolute atomic E-state index is 13.7. The highest BCUT2D eigenvalue weighted by molar-refractivity contribution is 6.13. The van der Waals surface area contributed by atoms with Crippen LogP contribution in [-0.2, 0) is 13.1 Å². The molecular formula is C23H20FN3O. The minimum Gasteiger partial charge on any atom is -0.497 e. The lowest BCUT2D eigenvalue weighted by Crippen LogP contribution is -2.02. The van der Waals surface area contributed by atoms with Crippen molar-refractivity contribution in [1.29, 1.82) is 0 Å². The number of fused-ring (bicyclic) bond motifs is 1. The van der Waals surface area contributed by atoms with Gasteiger partial charge in [0.15, 0.2) is 0 Å². The molecular weight excluding hydrogens is 353 g/mol. The largest absolute Gasteiger partial charge is 0.497 e. The molecule has 0 unspecified atom stereocenters. The number of aliphatic imine (C=N–C) groups is 1. The molecule has 0 aliphatic carbocycles. The fourth-order valence-electron chi connectivity index (χ4n) is 3.14. The topological polar surface area (TPSA) is 46.5 Å². The standard InChI is InChI=1S/C23H20FN3O/c1-28-21-11-16(10-18(24)12-21)14-26-20-6-5-17-15-27-23(22(17)13-20)8-7-19-4-2-3-9-25-19/h2-13,26H,14-15H2,1H3/b8-7+. The summed E-state index contributed by atoms with van der Waals surface area (Å²) in [7, 11) is 1.53. The molecule has 5 heteroatoms. The number of hydrogen-bond donors (Lipinski definition) is 1. The normalized spacial score (nSPS) is 12.7. The molecule has 28 heavy (non-hydrogen) atoms. The molecule has 0 saturated carbocycles. The van der Waals surface area contributed by atoms with E-state index >= 15 is 0 Å². The van der Waals surface area contributed by atoms with Crippen molar-refractivity contribution in [2.75, 3.05) is 12.4 Å². The van der Waals surface area contributed by atoms with Crippen LogP contribution in [0.3, 0.4) is 0 Å². The zero-order valence-electron chi connectivity index (χ0n) is 15.5. The van der Waals surface area contributed by atoms with Crippen LogP contribution in [0.15, 0.2) is 71.9 Å². The van der Waals surface area contributed by atoms with Crippen LogP contribution in [0.1, 0.15) is 22.4 Å². The molecule has 2 heterocycles. The van der Waals surface area contributed by atoms with Gasteiger partial charge in [-0.25, -0.2) is 4.39 Å². The zero-order valence-corrected chi connectivity index (χ0v) is 15.5. The molecule has 2 aromatic carbocycles. The Balaban J connectivity index is 1.49. The van der Waals surface area contributed by atoms with Crippen LogP contribution in [0, 0.1) is 5.82 Å². The first-order valence-electron chi connectivity index (χ1n) is 9.05. The molecule has 0 saturated heterocycles. The predicted octanol–water partition coefficient (Wildman–Crippen LogP) is 4.86. The average molecular weight is 373 g/mol.